The molecule has 0 saturated heterocycles. The van der Waals surface area contributed by atoms with E-state index in [0.717, 1.165) is 38.5 Å². The van der Waals surface area contributed by atoms with E-state index in [1.54, 1.807) is 7.11 Å². The number of ether oxygens (including phenoxy) is 1. The lowest BCUT2D eigenvalue weighted by atomic mass is 10.2. The summed E-state index contributed by atoms with van der Waals surface area (Å²) in [6.45, 7) is 9.61. The third-order valence-electron chi connectivity index (χ3n) is 3.01. The largest absolute Gasteiger partial charge is 0.496 e. The van der Waals surface area contributed by atoms with Crippen LogP contribution in [0.3, 0.4) is 0 Å². The van der Waals surface area contributed by atoms with Gasteiger partial charge in [0, 0.05) is 25.2 Å². The first-order chi connectivity index (χ1) is 8.31. The van der Waals surface area contributed by atoms with Crippen molar-refractivity contribution >= 4 is 24.8 Å². The Labute approximate surface area is 129 Å². The summed E-state index contributed by atoms with van der Waals surface area (Å²) in [7, 11) is 1.72. The first-order valence-corrected chi connectivity index (χ1v) is 6.36. The maximum atomic E-state index is 5.32. The van der Waals surface area contributed by atoms with E-state index in [1.165, 1.54) is 5.56 Å². The summed E-state index contributed by atoms with van der Waals surface area (Å²) in [5.41, 5.74) is 1.22. The van der Waals surface area contributed by atoms with Crippen LogP contribution in [-0.4, -0.2) is 38.2 Å². The zero-order valence-corrected chi connectivity index (χ0v) is 13.6. The number of likely N-dealkylation sites (N-methyl/N-ethyl adjacent to an activating group) is 1. The van der Waals surface area contributed by atoms with Gasteiger partial charge in [-0.25, -0.2) is 0 Å². The van der Waals surface area contributed by atoms with E-state index in [2.05, 4.69) is 30.1 Å². The molecule has 19 heavy (non-hydrogen) atoms. The maximum absolute atomic E-state index is 5.32. The summed E-state index contributed by atoms with van der Waals surface area (Å²) in [4.78, 5) is 2.41. The van der Waals surface area contributed by atoms with Crippen LogP contribution in [0.4, 0.5) is 0 Å². The number of nitrogens with zero attached hydrogens (tertiary/aromatic N) is 1. The normalized spacial score (nSPS) is 9.68. The molecule has 5 heteroatoms. The van der Waals surface area contributed by atoms with Crippen molar-refractivity contribution in [2.24, 2.45) is 0 Å². The fourth-order valence-corrected chi connectivity index (χ4v) is 1.85. The number of benzene rings is 1. The summed E-state index contributed by atoms with van der Waals surface area (Å²) >= 11 is 0. The number of nitrogens with one attached hydrogen (secondary N) is 1. The summed E-state index contributed by atoms with van der Waals surface area (Å²) in [5, 5.41) is 3.45. The van der Waals surface area contributed by atoms with Crippen LogP contribution in [0.25, 0.3) is 0 Å². The summed E-state index contributed by atoms with van der Waals surface area (Å²) in [6.07, 6.45) is 0. The Morgan fingerprint density at radius 3 is 2.32 bits per heavy atom. The first-order valence-electron chi connectivity index (χ1n) is 6.36. The van der Waals surface area contributed by atoms with Crippen LogP contribution in [0.1, 0.15) is 19.4 Å². The van der Waals surface area contributed by atoms with Gasteiger partial charge in [0.05, 0.1) is 7.11 Å². The molecule has 3 nitrogen and oxygen atoms in total. The monoisotopic (exact) mass is 308 g/mol. The third kappa shape index (κ3) is 7.63. The van der Waals surface area contributed by atoms with Crippen LogP contribution >= 0.6 is 24.8 Å². The Bertz CT molecular complexity index is 320. The van der Waals surface area contributed by atoms with Gasteiger partial charge in [0.2, 0.25) is 0 Å². The van der Waals surface area contributed by atoms with Gasteiger partial charge in [-0.3, -0.25) is 0 Å². The molecule has 0 aromatic heterocycles. The molecule has 0 amide bonds. The lowest BCUT2D eigenvalue weighted by Gasteiger charge is -2.18. The number of para-hydroxylation sites is 1. The van der Waals surface area contributed by atoms with Crippen LogP contribution in [0.15, 0.2) is 24.3 Å². The Kier molecular flexibility index (Phi) is 13.8. The Balaban J connectivity index is 0. The van der Waals surface area contributed by atoms with Crippen LogP contribution in [-0.2, 0) is 6.54 Å². The molecule has 0 saturated carbocycles. The van der Waals surface area contributed by atoms with E-state index in [9.17, 15) is 0 Å². The zero-order chi connectivity index (χ0) is 12.5. The Morgan fingerprint density at radius 2 is 1.74 bits per heavy atom. The highest BCUT2D eigenvalue weighted by Crippen LogP contribution is 2.16. The SMILES string of the molecule is CCN(CC)CCNCc1ccccc1OC.Cl.Cl. The molecule has 1 rings (SSSR count). The molecule has 112 valence electrons. The highest BCUT2D eigenvalue weighted by atomic mass is 35.5. The zero-order valence-electron chi connectivity index (χ0n) is 12.0. The number of halogens is 2. The smallest absolute Gasteiger partial charge is 0.123 e. The van der Waals surface area contributed by atoms with Gasteiger partial charge in [-0.2, -0.15) is 0 Å². The van der Waals surface area contributed by atoms with Gasteiger partial charge in [-0.05, 0) is 19.2 Å². The number of methoxy groups -OCH3 is 1. The second-order valence-electron chi connectivity index (χ2n) is 4.02. The van der Waals surface area contributed by atoms with Crippen molar-refractivity contribution in [2.45, 2.75) is 20.4 Å². The van der Waals surface area contributed by atoms with Crippen molar-refractivity contribution in [3.05, 3.63) is 29.8 Å². The molecule has 0 aliphatic carbocycles. The molecule has 0 spiro atoms. The maximum Gasteiger partial charge on any atom is 0.123 e. The molecule has 0 radical (unpaired) electrons. The molecule has 0 bridgehead atoms. The van der Waals surface area contributed by atoms with E-state index in [4.69, 9.17) is 4.74 Å². The minimum Gasteiger partial charge on any atom is -0.496 e. The van der Waals surface area contributed by atoms with Crippen molar-refractivity contribution in [3.63, 3.8) is 0 Å². The quantitative estimate of drug-likeness (QED) is 0.747. The fraction of sp³-hybridized carbons (Fsp3) is 0.571. The number of hydrogen-bond acceptors (Lipinski definition) is 3. The molecule has 0 aliphatic heterocycles. The van der Waals surface area contributed by atoms with Crippen LogP contribution in [0, 0.1) is 0 Å². The molecule has 0 atom stereocenters. The highest BCUT2D eigenvalue weighted by molar-refractivity contribution is 5.85. The molecule has 0 unspecified atom stereocenters. The predicted octanol–water partition coefficient (Wildman–Crippen LogP) is 2.97. The molecule has 1 N–H and O–H groups in total. The van der Waals surface area contributed by atoms with Gasteiger partial charge < -0.3 is 15.0 Å². The van der Waals surface area contributed by atoms with Crippen LogP contribution in [0.2, 0.25) is 0 Å². The number of rotatable bonds is 8. The summed E-state index contributed by atoms with van der Waals surface area (Å²) < 4.78 is 5.32. The van der Waals surface area contributed by atoms with E-state index < -0.39 is 0 Å². The molecule has 1 aromatic rings. The predicted molar refractivity (Wildman–Crippen MR) is 87.0 cm³/mol. The molecule has 0 heterocycles. The van der Waals surface area contributed by atoms with Gasteiger partial charge in [0.25, 0.3) is 0 Å². The number of hydrogen-bond donors (Lipinski definition) is 1. The fourth-order valence-electron chi connectivity index (χ4n) is 1.85. The lowest BCUT2D eigenvalue weighted by Crippen LogP contribution is -2.31. The van der Waals surface area contributed by atoms with E-state index >= 15 is 0 Å². The molecular weight excluding hydrogens is 283 g/mol. The lowest BCUT2D eigenvalue weighted by molar-refractivity contribution is 0.302. The van der Waals surface area contributed by atoms with Gasteiger partial charge in [0.15, 0.2) is 0 Å². The average molecular weight is 309 g/mol. The third-order valence-corrected chi connectivity index (χ3v) is 3.01. The first kappa shape index (κ1) is 20.8. The van der Waals surface area contributed by atoms with Crippen molar-refractivity contribution < 1.29 is 4.74 Å². The standard InChI is InChI=1S/C14H24N2O.2ClH/c1-4-16(5-2)11-10-15-12-13-8-6-7-9-14(13)17-3;;/h6-9,15H,4-5,10-12H2,1-3H3;2*1H. The summed E-state index contributed by atoms with van der Waals surface area (Å²) in [5.74, 6) is 0.961. The van der Waals surface area contributed by atoms with Gasteiger partial charge in [0.1, 0.15) is 5.75 Å². The van der Waals surface area contributed by atoms with Gasteiger partial charge in [-0.1, -0.05) is 32.0 Å². The van der Waals surface area contributed by atoms with Crippen molar-refractivity contribution in [1.29, 1.82) is 0 Å². The Hall–Kier alpha value is -0.480. The van der Waals surface area contributed by atoms with Crippen molar-refractivity contribution in [3.8, 4) is 5.75 Å². The topological polar surface area (TPSA) is 24.5 Å². The minimum atomic E-state index is 0. The van der Waals surface area contributed by atoms with E-state index in [-0.39, 0.29) is 24.8 Å². The highest BCUT2D eigenvalue weighted by Gasteiger charge is 2.01. The van der Waals surface area contributed by atoms with Gasteiger partial charge in [-0.15, -0.1) is 24.8 Å². The average Bonchev–Trinajstić information content (AvgIpc) is 2.39. The Morgan fingerprint density at radius 1 is 1.11 bits per heavy atom. The van der Waals surface area contributed by atoms with Crippen LogP contribution in [0.5, 0.6) is 5.75 Å². The second-order valence-corrected chi connectivity index (χ2v) is 4.02. The van der Waals surface area contributed by atoms with Crippen LogP contribution < -0.4 is 10.1 Å². The molecule has 0 aliphatic rings. The molecule has 0 fully saturated rings. The van der Waals surface area contributed by atoms with Crippen molar-refractivity contribution in [2.75, 3.05) is 33.3 Å². The van der Waals surface area contributed by atoms with E-state index in [1.807, 2.05) is 18.2 Å². The van der Waals surface area contributed by atoms with Crippen molar-refractivity contribution in [1.82, 2.24) is 10.2 Å². The molecule has 1 aromatic carbocycles. The summed E-state index contributed by atoms with van der Waals surface area (Å²) in [6, 6.07) is 8.15. The minimum absolute atomic E-state index is 0. The second kappa shape index (κ2) is 12.5. The molecular formula is C14H26Cl2N2O. The van der Waals surface area contributed by atoms with E-state index in [0.29, 0.717) is 0 Å². The van der Waals surface area contributed by atoms with Gasteiger partial charge >= 0.3 is 0 Å².